The topological polar surface area (TPSA) is 24.5 Å². The lowest BCUT2D eigenvalue weighted by molar-refractivity contribution is -0.0473. The number of anilines is 1. The van der Waals surface area contributed by atoms with Crippen molar-refractivity contribution in [3.8, 4) is 0 Å². The molecule has 1 aliphatic rings. The van der Waals surface area contributed by atoms with Gasteiger partial charge in [-0.3, -0.25) is 0 Å². The summed E-state index contributed by atoms with van der Waals surface area (Å²) in [5.74, 6) is 0. The van der Waals surface area contributed by atoms with Crippen LogP contribution in [0.4, 0.5) is 5.69 Å². The van der Waals surface area contributed by atoms with Crippen molar-refractivity contribution in [1.82, 2.24) is 4.90 Å². The molecule has 19 heavy (non-hydrogen) atoms. The molecule has 1 aliphatic heterocycles. The Morgan fingerprint density at radius 1 is 1.26 bits per heavy atom. The molecular weight excluding hydrogens is 256 g/mol. The Hall–Kier alpha value is -1.13. The molecule has 0 bridgehead atoms. The predicted molar refractivity (Wildman–Crippen MR) is 83.6 cm³/mol. The Morgan fingerprint density at radius 2 is 1.84 bits per heavy atom. The minimum Gasteiger partial charge on any atom is -0.372 e. The molecule has 1 aromatic carbocycles. The smallest absolute Gasteiger partial charge is 0.173 e. The fraction of sp³-hybridized carbons (Fsp3) is 0.533. The minimum absolute atomic E-state index is 0.228. The fourth-order valence-corrected chi connectivity index (χ4v) is 2.64. The number of nitrogens with zero attached hydrogens (tertiary/aromatic N) is 1. The molecule has 0 amide bonds. The molecule has 0 saturated carbocycles. The van der Waals surface area contributed by atoms with E-state index in [4.69, 9.17) is 17.0 Å². The van der Waals surface area contributed by atoms with Gasteiger partial charge < -0.3 is 15.0 Å². The van der Waals surface area contributed by atoms with Gasteiger partial charge in [-0.1, -0.05) is 19.1 Å². The highest BCUT2D eigenvalue weighted by molar-refractivity contribution is 7.80. The summed E-state index contributed by atoms with van der Waals surface area (Å²) < 4.78 is 5.72. The third-order valence-electron chi connectivity index (χ3n) is 3.32. The van der Waals surface area contributed by atoms with Gasteiger partial charge in [0.15, 0.2) is 5.11 Å². The number of nitrogens with one attached hydrogen (secondary N) is 1. The van der Waals surface area contributed by atoms with Crippen LogP contribution in [0.5, 0.6) is 0 Å². The van der Waals surface area contributed by atoms with Gasteiger partial charge in [-0.2, -0.15) is 0 Å². The highest BCUT2D eigenvalue weighted by Gasteiger charge is 2.23. The van der Waals surface area contributed by atoms with E-state index in [0.29, 0.717) is 0 Å². The monoisotopic (exact) mass is 278 g/mol. The van der Waals surface area contributed by atoms with Gasteiger partial charge in [0.2, 0.25) is 0 Å². The number of hydrogen-bond acceptors (Lipinski definition) is 2. The van der Waals surface area contributed by atoms with Crippen LogP contribution in [0.3, 0.4) is 0 Å². The Labute approximate surface area is 120 Å². The zero-order chi connectivity index (χ0) is 13.8. The molecule has 2 atom stereocenters. The maximum atomic E-state index is 5.72. The van der Waals surface area contributed by atoms with Crippen molar-refractivity contribution in [2.45, 2.75) is 39.4 Å². The van der Waals surface area contributed by atoms with E-state index in [0.717, 1.165) is 30.3 Å². The van der Waals surface area contributed by atoms with Gasteiger partial charge in [0.05, 0.1) is 12.2 Å². The maximum absolute atomic E-state index is 5.72. The Kier molecular flexibility index (Phi) is 4.77. The number of morpholine rings is 1. The fourth-order valence-electron chi connectivity index (χ4n) is 2.37. The molecule has 1 saturated heterocycles. The maximum Gasteiger partial charge on any atom is 0.173 e. The van der Waals surface area contributed by atoms with Crippen LogP contribution in [0.1, 0.15) is 26.3 Å². The third kappa shape index (κ3) is 3.91. The molecular formula is C15H22N2OS. The summed E-state index contributed by atoms with van der Waals surface area (Å²) in [4.78, 5) is 2.18. The van der Waals surface area contributed by atoms with Gasteiger partial charge in [0, 0.05) is 18.8 Å². The van der Waals surface area contributed by atoms with Crippen LogP contribution < -0.4 is 5.32 Å². The Morgan fingerprint density at radius 3 is 2.37 bits per heavy atom. The molecule has 1 N–H and O–H groups in total. The van der Waals surface area contributed by atoms with E-state index in [1.165, 1.54) is 5.56 Å². The molecule has 1 fully saturated rings. The molecule has 0 radical (unpaired) electrons. The van der Waals surface area contributed by atoms with E-state index in [1.807, 2.05) is 0 Å². The number of ether oxygens (including phenoxy) is 1. The van der Waals surface area contributed by atoms with Crippen molar-refractivity contribution in [3.63, 3.8) is 0 Å². The summed E-state index contributed by atoms with van der Waals surface area (Å²) in [6, 6.07) is 8.43. The average molecular weight is 278 g/mol. The summed E-state index contributed by atoms with van der Waals surface area (Å²) >= 11 is 5.48. The molecule has 104 valence electrons. The van der Waals surface area contributed by atoms with Gasteiger partial charge in [0.1, 0.15) is 0 Å². The van der Waals surface area contributed by atoms with Crippen LogP contribution in [0.25, 0.3) is 0 Å². The van der Waals surface area contributed by atoms with Crippen LogP contribution in [0.2, 0.25) is 0 Å². The molecule has 0 aliphatic carbocycles. The van der Waals surface area contributed by atoms with E-state index < -0.39 is 0 Å². The van der Waals surface area contributed by atoms with E-state index in [1.54, 1.807) is 0 Å². The van der Waals surface area contributed by atoms with Gasteiger partial charge in [-0.05, 0) is 50.2 Å². The molecule has 2 rings (SSSR count). The normalized spacial score (nSPS) is 23.2. The van der Waals surface area contributed by atoms with E-state index in [-0.39, 0.29) is 12.2 Å². The summed E-state index contributed by atoms with van der Waals surface area (Å²) in [6.07, 6.45) is 1.51. The molecule has 1 aromatic rings. The van der Waals surface area contributed by atoms with Gasteiger partial charge in [0.25, 0.3) is 0 Å². The highest BCUT2D eigenvalue weighted by Crippen LogP contribution is 2.14. The molecule has 4 heteroatoms. The van der Waals surface area contributed by atoms with Crippen molar-refractivity contribution in [2.75, 3.05) is 18.4 Å². The molecule has 0 spiro atoms. The lowest BCUT2D eigenvalue weighted by atomic mass is 10.1. The van der Waals surface area contributed by atoms with Crippen LogP contribution in [-0.2, 0) is 11.2 Å². The molecule has 0 aromatic heterocycles. The van der Waals surface area contributed by atoms with Crippen molar-refractivity contribution >= 4 is 23.0 Å². The van der Waals surface area contributed by atoms with Gasteiger partial charge >= 0.3 is 0 Å². The van der Waals surface area contributed by atoms with Crippen LogP contribution in [0.15, 0.2) is 24.3 Å². The highest BCUT2D eigenvalue weighted by atomic mass is 32.1. The third-order valence-corrected chi connectivity index (χ3v) is 3.68. The zero-order valence-corrected chi connectivity index (χ0v) is 12.7. The number of benzene rings is 1. The van der Waals surface area contributed by atoms with Gasteiger partial charge in [-0.25, -0.2) is 0 Å². The summed E-state index contributed by atoms with van der Waals surface area (Å²) in [7, 11) is 0. The van der Waals surface area contributed by atoms with Crippen molar-refractivity contribution in [1.29, 1.82) is 0 Å². The second-order valence-electron chi connectivity index (χ2n) is 5.14. The summed E-state index contributed by atoms with van der Waals surface area (Å²) in [5, 5.41) is 4.09. The van der Waals surface area contributed by atoms with Crippen LogP contribution in [-0.4, -0.2) is 35.3 Å². The van der Waals surface area contributed by atoms with E-state index in [2.05, 4.69) is 55.3 Å². The first kappa shape index (κ1) is 14.3. The number of thiocarbonyl (C=S) groups is 1. The van der Waals surface area contributed by atoms with Crippen LogP contribution >= 0.6 is 12.2 Å². The second kappa shape index (κ2) is 6.35. The van der Waals surface area contributed by atoms with Crippen LogP contribution in [0, 0.1) is 0 Å². The second-order valence-corrected chi connectivity index (χ2v) is 5.53. The Bertz CT molecular complexity index is 422. The standard InChI is InChI=1S/C15H22N2OS/c1-4-13-5-7-14(8-6-13)16-15(19)17-9-11(2)18-12(3)10-17/h5-8,11-12H,4,9-10H2,1-3H3,(H,16,19)/t11-,12+. The van der Waals surface area contributed by atoms with E-state index in [9.17, 15) is 0 Å². The SMILES string of the molecule is CCc1ccc(NC(=S)N2C[C@@H](C)O[C@@H](C)C2)cc1. The first-order valence-electron chi connectivity index (χ1n) is 6.88. The number of rotatable bonds is 2. The van der Waals surface area contributed by atoms with E-state index >= 15 is 0 Å². The molecule has 3 nitrogen and oxygen atoms in total. The Balaban J connectivity index is 1.96. The largest absolute Gasteiger partial charge is 0.372 e. The van der Waals surface area contributed by atoms with Crippen molar-refractivity contribution in [2.24, 2.45) is 0 Å². The number of aryl methyl sites for hydroxylation is 1. The molecule has 0 unspecified atom stereocenters. The first-order chi connectivity index (χ1) is 9.08. The lowest BCUT2D eigenvalue weighted by Gasteiger charge is -2.36. The lowest BCUT2D eigenvalue weighted by Crippen LogP contribution is -2.49. The molecule has 1 heterocycles. The number of hydrogen-bond donors (Lipinski definition) is 1. The van der Waals surface area contributed by atoms with Crippen molar-refractivity contribution in [3.05, 3.63) is 29.8 Å². The average Bonchev–Trinajstić information content (AvgIpc) is 2.38. The predicted octanol–water partition coefficient (Wildman–Crippen LogP) is 3.06. The minimum atomic E-state index is 0.228. The summed E-state index contributed by atoms with van der Waals surface area (Å²) in [5.41, 5.74) is 2.39. The zero-order valence-electron chi connectivity index (χ0n) is 11.8. The first-order valence-corrected chi connectivity index (χ1v) is 7.29. The van der Waals surface area contributed by atoms with Crippen molar-refractivity contribution < 1.29 is 4.74 Å². The van der Waals surface area contributed by atoms with Gasteiger partial charge in [-0.15, -0.1) is 0 Å². The summed E-state index contributed by atoms with van der Waals surface area (Å²) in [6.45, 7) is 8.03. The quantitative estimate of drug-likeness (QED) is 0.840.